The van der Waals surface area contributed by atoms with Gasteiger partial charge in [-0.1, -0.05) is 0 Å². The van der Waals surface area contributed by atoms with E-state index in [1.165, 1.54) is 18.7 Å². The van der Waals surface area contributed by atoms with Crippen molar-refractivity contribution in [2.75, 3.05) is 33.4 Å². The van der Waals surface area contributed by atoms with Crippen LogP contribution in [0.25, 0.3) is 0 Å². The van der Waals surface area contributed by atoms with E-state index < -0.39 is 26.6 Å². The molecule has 1 aliphatic heterocycles. The Morgan fingerprint density at radius 2 is 1.95 bits per heavy atom. The molecular weight excluding hydrogens is 268 g/mol. The zero-order valence-electron chi connectivity index (χ0n) is 12.3. The molecule has 0 aromatic carbocycles. The summed E-state index contributed by atoms with van der Waals surface area (Å²) in [6.07, 6.45) is 0.978. The first-order valence-electron chi connectivity index (χ1n) is 6.30. The van der Waals surface area contributed by atoms with Gasteiger partial charge in [0, 0.05) is 25.4 Å². The monoisotopic (exact) mass is 292 g/mol. The Balaban J connectivity index is 2.97. The fourth-order valence-corrected chi connectivity index (χ4v) is 2.67. The summed E-state index contributed by atoms with van der Waals surface area (Å²) in [7, 11) is 0.273. The first-order valence-corrected chi connectivity index (χ1v) is 8.19. The number of hydrogen-bond donors (Lipinski definition) is 1. The molecule has 1 saturated heterocycles. The van der Waals surface area contributed by atoms with Gasteiger partial charge in [0.15, 0.2) is 9.84 Å². The minimum atomic E-state index is -3.49. The van der Waals surface area contributed by atoms with Crippen LogP contribution in [-0.4, -0.2) is 79.6 Å². The highest BCUT2D eigenvalue weighted by atomic mass is 32.2. The van der Waals surface area contributed by atoms with Gasteiger partial charge >= 0.3 is 0 Å². The molecule has 0 aromatic rings. The molecule has 1 heterocycles. The van der Waals surface area contributed by atoms with E-state index in [4.69, 9.17) is 0 Å². The number of aliphatic hydroxyl groups is 1. The topological polar surface area (TPSA) is 77.9 Å². The number of rotatable bonds is 4. The Bertz CT molecular complexity index is 445. The van der Waals surface area contributed by atoms with Gasteiger partial charge in [0.25, 0.3) is 0 Å². The van der Waals surface area contributed by atoms with Crippen LogP contribution in [-0.2, 0) is 14.6 Å². The minimum Gasteiger partial charge on any atom is -0.391 e. The van der Waals surface area contributed by atoms with Gasteiger partial charge < -0.3 is 14.9 Å². The number of carbonyl (C=O) groups is 1. The third-order valence-electron chi connectivity index (χ3n) is 3.67. The van der Waals surface area contributed by atoms with Crippen molar-refractivity contribution < 1.29 is 18.3 Å². The highest BCUT2D eigenvalue weighted by molar-refractivity contribution is 7.92. The van der Waals surface area contributed by atoms with Crippen molar-refractivity contribution in [3.8, 4) is 0 Å². The highest BCUT2D eigenvalue weighted by Gasteiger charge is 2.46. The van der Waals surface area contributed by atoms with Crippen LogP contribution in [0.15, 0.2) is 0 Å². The van der Waals surface area contributed by atoms with Crippen molar-refractivity contribution in [3.05, 3.63) is 0 Å². The minimum absolute atomic E-state index is 0.140. The van der Waals surface area contributed by atoms with E-state index in [0.29, 0.717) is 13.0 Å². The molecule has 2 atom stereocenters. The summed E-state index contributed by atoms with van der Waals surface area (Å²) in [5.74, 6) is -0.432. The number of hydrogen-bond acceptors (Lipinski definition) is 5. The number of likely N-dealkylation sites (N-methyl/N-ethyl adjacent to an activating group) is 1. The zero-order chi connectivity index (χ0) is 15.0. The largest absolute Gasteiger partial charge is 0.391 e. The lowest BCUT2D eigenvalue weighted by molar-refractivity contribution is -0.134. The Morgan fingerprint density at radius 3 is 2.37 bits per heavy atom. The maximum absolute atomic E-state index is 12.5. The van der Waals surface area contributed by atoms with E-state index >= 15 is 0 Å². The van der Waals surface area contributed by atoms with Gasteiger partial charge in [0.2, 0.25) is 5.91 Å². The number of β-amino-alcohol motifs (C(OH)–C–C–N with tert-alkyl or cyclic N) is 1. The second-order valence-corrected chi connectivity index (χ2v) is 8.61. The smallest absolute Gasteiger partial charge is 0.243 e. The van der Waals surface area contributed by atoms with E-state index in [9.17, 15) is 18.3 Å². The summed E-state index contributed by atoms with van der Waals surface area (Å²) >= 11 is 0. The van der Waals surface area contributed by atoms with E-state index in [1.807, 2.05) is 19.0 Å². The van der Waals surface area contributed by atoms with Crippen LogP contribution < -0.4 is 0 Å². The molecule has 0 aromatic heterocycles. The van der Waals surface area contributed by atoms with E-state index in [-0.39, 0.29) is 12.6 Å². The molecule has 1 aliphatic rings. The van der Waals surface area contributed by atoms with Gasteiger partial charge in [0.05, 0.1) is 6.10 Å². The number of likely N-dealkylation sites (tertiary alicyclic amines) is 1. The Morgan fingerprint density at radius 1 is 1.42 bits per heavy atom. The summed E-state index contributed by atoms with van der Waals surface area (Å²) in [5.41, 5.74) is 0. The standard InChI is InChI=1S/C12H24N2O4S/c1-12(2,19(5,17)18)11(16)14-8-10(15)6-9(14)7-13(3)4/h9-10,15H,6-8H2,1-5H3. The molecule has 6 nitrogen and oxygen atoms in total. The summed E-state index contributed by atoms with van der Waals surface area (Å²) < 4.78 is 22.0. The Hall–Kier alpha value is -0.660. The molecule has 1 fully saturated rings. The lowest BCUT2D eigenvalue weighted by atomic mass is 10.1. The number of aliphatic hydroxyl groups excluding tert-OH is 1. The van der Waals surface area contributed by atoms with E-state index in [2.05, 4.69) is 0 Å². The summed E-state index contributed by atoms with van der Waals surface area (Å²) in [6, 6.07) is -0.140. The van der Waals surface area contributed by atoms with Gasteiger partial charge in [-0.25, -0.2) is 8.42 Å². The molecule has 19 heavy (non-hydrogen) atoms. The third kappa shape index (κ3) is 3.46. The van der Waals surface area contributed by atoms with Crippen LogP contribution in [0.2, 0.25) is 0 Å². The third-order valence-corrected chi connectivity index (χ3v) is 5.70. The van der Waals surface area contributed by atoms with Crippen LogP contribution in [0.3, 0.4) is 0 Å². The molecule has 0 radical (unpaired) electrons. The van der Waals surface area contributed by atoms with Crippen molar-refractivity contribution in [2.45, 2.75) is 37.2 Å². The van der Waals surface area contributed by atoms with E-state index in [0.717, 1.165) is 6.26 Å². The van der Waals surface area contributed by atoms with Gasteiger partial charge in [-0.3, -0.25) is 4.79 Å². The van der Waals surface area contributed by atoms with Gasteiger partial charge in [-0.15, -0.1) is 0 Å². The van der Waals surface area contributed by atoms with Crippen LogP contribution in [0, 0.1) is 0 Å². The molecular formula is C12H24N2O4S. The number of nitrogens with zero attached hydrogens (tertiary/aromatic N) is 2. The van der Waals surface area contributed by atoms with Crippen molar-refractivity contribution in [2.24, 2.45) is 0 Å². The molecule has 1 amide bonds. The van der Waals surface area contributed by atoms with Gasteiger partial charge in [-0.05, 0) is 34.4 Å². The molecule has 0 bridgehead atoms. The molecule has 0 aliphatic carbocycles. The Kier molecular flexibility index (Phi) is 4.64. The first-order chi connectivity index (χ1) is 8.46. The fraction of sp³-hybridized carbons (Fsp3) is 0.917. The van der Waals surface area contributed by atoms with Gasteiger partial charge in [0.1, 0.15) is 4.75 Å². The second-order valence-electron chi connectivity index (χ2n) is 6.05. The molecule has 0 saturated carbocycles. The second kappa shape index (κ2) is 5.38. The number of carbonyl (C=O) groups excluding carboxylic acids is 1. The molecule has 2 unspecified atom stereocenters. The quantitative estimate of drug-likeness (QED) is 0.744. The first kappa shape index (κ1) is 16.4. The van der Waals surface area contributed by atoms with Crippen molar-refractivity contribution in [1.29, 1.82) is 0 Å². The highest BCUT2D eigenvalue weighted by Crippen LogP contribution is 2.26. The number of amides is 1. The van der Waals surface area contributed by atoms with Crippen LogP contribution in [0.4, 0.5) is 0 Å². The van der Waals surface area contributed by atoms with Crippen LogP contribution in [0.5, 0.6) is 0 Å². The van der Waals surface area contributed by atoms with Crippen molar-refractivity contribution >= 4 is 15.7 Å². The fourth-order valence-electron chi connectivity index (χ4n) is 2.24. The SMILES string of the molecule is CN(C)CC1CC(O)CN1C(=O)C(C)(C)S(C)(=O)=O. The maximum Gasteiger partial charge on any atom is 0.243 e. The zero-order valence-corrected chi connectivity index (χ0v) is 13.1. The number of sulfone groups is 1. The summed E-state index contributed by atoms with van der Waals surface area (Å²) in [6.45, 7) is 3.66. The average molecular weight is 292 g/mol. The van der Waals surface area contributed by atoms with Crippen LogP contribution >= 0.6 is 0 Å². The molecule has 1 N–H and O–H groups in total. The van der Waals surface area contributed by atoms with Gasteiger partial charge in [-0.2, -0.15) is 0 Å². The lowest BCUT2D eigenvalue weighted by Gasteiger charge is -2.32. The van der Waals surface area contributed by atoms with Crippen LogP contribution in [0.1, 0.15) is 20.3 Å². The normalized spacial score (nSPS) is 25.1. The predicted octanol–water partition coefficient (Wildman–Crippen LogP) is -0.667. The molecule has 0 spiro atoms. The predicted molar refractivity (Wildman–Crippen MR) is 73.6 cm³/mol. The van der Waals surface area contributed by atoms with Crippen molar-refractivity contribution in [3.63, 3.8) is 0 Å². The summed E-state index contributed by atoms with van der Waals surface area (Å²) in [5, 5.41) is 9.74. The average Bonchev–Trinajstić information content (AvgIpc) is 2.55. The maximum atomic E-state index is 12.5. The molecule has 112 valence electrons. The van der Waals surface area contributed by atoms with E-state index in [1.54, 1.807) is 0 Å². The summed E-state index contributed by atoms with van der Waals surface area (Å²) in [4.78, 5) is 15.9. The van der Waals surface area contributed by atoms with Crippen molar-refractivity contribution in [1.82, 2.24) is 9.80 Å². The molecule has 1 rings (SSSR count). The lowest BCUT2D eigenvalue weighted by Crippen LogP contribution is -2.53. The Labute approximate surface area is 115 Å². The molecule has 7 heteroatoms.